The highest BCUT2D eigenvalue weighted by molar-refractivity contribution is 9.10. The molecule has 0 unspecified atom stereocenters. The standard InChI is InChI=1S/C19H20BrNO3/c1-23-17-12-15(8-9-16(17)20)19(10-5-11-19)21-18(22)24-13-14-6-3-2-4-7-14/h2-4,6-9,12H,5,10-11,13H2,1H3,(H,21,22). The van der Waals surface area contributed by atoms with Crippen LogP contribution in [0.1, 0.15) is 30.4 Å². The molecule has 126 valence electrons. The monoisotopic (exact) mass is 389 g/mol. The van der Waals surface area contributed by atoms with Crippen LogP contribution in [0.5, 0.6) is 5.75 Å². The molecule has 0 spiro atoms. The molecule has 2 aromatic carbocycles. The predicted molar refractivity (Wildman–Crippen MR) is 96.0 cm³/mol. The molecule has 0 bridgehead atoms. The molecule has 1 N–H and O–H groups in total. The van der Waals surface area contributed by atoms with Gasteiger partial charge in [-0.25, -0.2) is 4.79 Å². The molecule has 5 heteroatoms. The quantitative estimate of drug-likeness (QED) is 0.801. The van der Waals surface area contributed by atoms with Crippen molar-refractivity contribution >= 4 is 22.0 Å². The molecule has 0 atom stereocenters. The maximum atomic E-state index is 12.2. The highest BCUT2D eigenvalue weighted by Gasteiger charge is 2.41. The number of nitrogens with one attached hydrogen (secondary N) is 1. The third-order valence-corrected chi connectivity index (χ3v) is 5.12. The van der Waals surface area contributed by atoms with Gasteiger partial charge in [0.05, 0.1) is 17.1 Å². The summed E-state index contributed by atoms with van der Waals surface area (Å²) in [6.45, 7) is 0.270. The third-order valence-electron chi connectivity index (χ3n) is 4.46. The Balaban J connectivity index is 1.68. The number of alkyl carbamates (subject to hydrolysis) is 1. The molecule has 0 heterocycles. The molecule has 0 aromatic heterocycles. The van der Waals surface area contributed by atoms with E-state index in [2.05, 4.69) is 21.2 Å². The Kier molecular flexibility index (Phi) is 5.09. The molecular weight excluding hydrogens is 370 g/mol. The molecule has 2 aromatic rings. The van der Waals surface area contributed by atoms with E-state index in [4.69, 9.17) is 9.47 Å². The fourth-order valence-electron chi connectivity index (χ4n) is 2.93. The van der Waals surface area contributed by atoms with Crippen molar-refractivity contribution in [2.75, 3.05) is 7.11 Å². The van der Waals surface area contributed by atoms with Crippen LogP contribution in [0.25, 0.3) is 0 Å². The molecule has 24 heavy (non-hydrogen) atoms. The van der Waals surface area contributed by atoms with Crippen LogP contribution in [-0.2, 0) is 16.9 Å². The van der Waals surface area contributed by atoms with E-state index in [1.807, 2.05) is 48.5 Å². The first-order valence-electron chi connectivity index (χ1n) is 7.96. The summed E-state index contributed by atoms with van der Waals surface area (Å²) in [5, 5.41) is 3.06. The van der Waals surface area contributed by atoms with Gasteiger partial charge in [0.2, 0.25) is 0 Å². The largest absolute Gasteiger partial charge is 0.496 e. The first-order chi connectivity index (χ1) is 11.6. The van der Waals surface area contributed by atoms with Gasteiger partial charge < -0.3 is 14.8 Å². The van der Waals surface area contributed by atoms with Crippen molar-refractivity contribution in [3.63, 3.8) is 0 Å². The zero-order valence-electron chi connectivity index (χ0n) is 13.5. The SMILES string of the molecule is COc1cc(C2(NC(=O)OCc3ccccc3)CCC2)ccc1Br. The van der Waals surface area contributed by atoms with E-state index in [0.29, 0.717) is 0 Å². The Morgan fingerprint density at radius 3 is 2.58 bits per heavy atom. The Morgan fingerprint density at radius 1 is 1.21 bits per heavy atom. The molecular formula is C19H20BrNO3. The van der Waals surface area contributed by atoms with Crippen molar-refractivity contribution < 1.29 is 14.3 Å². The Bertz CT molecular complexity index is 714. The number of benzene rings is 2. The average molecular weight is 390 g/mol. The maximum absolute atomic E-state index is 12.2. The molecule has 4 nitrogen and oxygen atoms in total. The highest BCUT2D eigenvalue weighted by Crippen LogP contribution is 2.43. The van der Waals surface area contributed by atoms with Gasteiger partial charge in [0, 0.05) is 0 Å². The van der Waals surface area contributed by atoms with Crippen molar-refractivity contribution in [1.82, 2.24) is 5.32 Å². The number of methoxy groups -OCH3 is 1. The predicted octanol–water partition coefficient (Wildman–Crippen LogP) is 4.76. The van der Waals surface area contributed by atoms with E-state index in [1.54, 1.807) is 7.11 Å². The van der Waals surface area contributed by atoms with Crippen LogP contribution in [0, 0.1) is 0 Å². The molecule has 1 fully saturated rings. The van der Waals surface area contributed by atoms with Crippen molar-refractivity contribution in [2.24, 2.45) is 0 Å². The van der Waals surface area contributed by atoms with Crippen LogP contribution in [0.4, 0.5) is 4.79 Å². The van der Waals surface area contributed by atoms with Gasteiger partial charge in [0.15, 0.2) is 0 Å². The van der Waals surface area contributed by atoms with Crippen LogP contribution >= 0.6 is 15.9 Å². The van der Waals surface area contributed by atoms with E-state index < -0.39 is 0 Å². The third kappa shape index (κ3) is 3.56. The fraction of sp³-hybridized carbons (Fsp3) is 0.316. The second-order valence-electron chi connectivity index (χ2n) is 5.97. The molecule has 0 saturated heterocycles. The number of hydrogen-bond donors (Lipinski definition) is 1. The summed E-state index contributed by atoms with van der Waals surface area (Å²) in [5.74, 6) is 0.762. The molecule has 0 aliphatic heterocycles. The second kappa shape index (κ2) is 7.26. The van der Waals surface area contributed by atoms with Gasteiger partial charge in [-0.05, 0) is 58.5 Å². The number of hydrogen-bond acceptors (Lipinski definition) is 3. The lowest BCUT2D eigenvalue weighted by atomic mass is 9.72. The maximum Gasteiger partial charge on any atom is 0.408 e. The Labute approximate surface area is 150 Å². The smallest absolute Gasteiger partial charge is 0.408 e. The van der Waals surface area contributed by atoms with Gasteiger partial charge in [-0.2, -0.15) is 0 Å². The van der Waals surface area contributed by atoms with Crippen molar-refractivity contribution in [1.29, 1.82) is 0 Å². The fourth-order valence-corrected chi connectivity index (χ4v) is 3.34. The summed E-state index contributed by atoms with van der Waals surface area (Å²) >= 11 is 3.46. The molecule has 0 radical (unpaired) electrons. The summed E-state index contributed by atoms with van der Waals surface area (Å²) in [4.78, 5) is 12.2. The minimum Gasteiger partial charge on any atom is -0.496 e. The summed E-state index contributed by atoms with van der Waals surface area (Å²) < 4.78 is 11.6. The second-order valence-corrected chi connectivity index (χ2v) is 6.83. The van der Waals surface area contributed by atoms with Crippen LogP contribution in [0.2, 0.25) is 0 Å². The van der Waals surface area contributed by atoms with E-state index in [1.165, 1.54) is 0 Å². The van der Waals surface area contributed by atoms with E-state index in [-0.39, 0.29) is 18.2 Å². The molecule has 3 rings (SSSR count). The number of halogens is 1. The van der Waals surface area contributed by atoms with Gasteiger partial charge in [-0.1, -0.05) is 36.4 Å². The molecule has 1 aliphatic carbocycles. The van der Waals surface area contributed by atoms with Crippen LogP contribution < -0.4 is 10.1 Å². The van der Waals surface area contributed by atoms with Crippen LogP contribution in [0.3, 0.4) is 0 Å². The van der Waals surface area contributed by atoms with E-state index in [0.717, 1.165) is 40.6 Å². The lowest BCUT2D eigenvalue weighted by Crippen LogP contribution is -2.50. The summed E-state index contributed by atoms with van der Waals surface area (Å²) in [5.41, 5.74) is 1.66. The van der Waals surface area contributed by atoms with E-state index >= 15 is 0 Å². The lowest BCUT2D eigenvalue weighted by Gasteiger charge is -2.42. The topological polar surface area (TPSA) is 47.6 Å². The first kappa shape index (κ1) is 16.8. The van der Waals surface area contributed by atoms with Gasteiger partial charge in [0.1, 0.15) is 12.4 Å². The first-order valence-corrected chi connectivity index (χ1v) is 8.75. The zero-order valence-corrected chi connectivity index (χ0v) is 15.1. The van der Waals surface area contributed by atoms with Gasteiger partial charge in [-0.3, -0.25) is 0 Å². The molecule has 1 amide bonds. The zero-order chi connectivity index (χ0) is 17.0. The van der Waals surface area contributed by atoms with Crippen molar-refractivity contribution in [3.8, 4) is 5.75 Å². The minimum atomic E-state index is -0.388. The van der Waals surface area contributed by atoms with Gasteiger partial charge >= 0.3 is 6.09 Å². The number of carbonyl (C=O) groups excluding carboxylic acids is 1. The highest BCUT2D eigenvalue weighted by atomic mass is 79.9. The van der Waals surface area contributed by atoms with E-state index in [9.17, 15) is 4.79 Å². The minimum absolute atomic E-state index is 0.270. The number of amides is 1. The summed E-state index contributed by atoms with van der Waals surface area (Å²) in [7, 11) is 1.64. The molecule has 1 saturated carbocycles. The molecule has 1 aliphatic rings. The van der Waals surface area contributed by atoms with Crippen molar-refractivity contribution in [3.05, 3.63) is 64.1 Å². The number of ether oxygens (including phenoxy) is 2. The Hall–Kier alpha value is -2.01. The Morgan fingerprint density at radius 2 is 1.96 bits per heavy atom. The number of rotatable bonds is 5. The summed E-state index contributed by atoms with van der Waals surface area (Å²) in [6, 6.07) is 15.6. The van der Waals surface area contributed by atoms with Gasteiger partial charge in [0.25, 0.3) is 0 Å². The van der Waals surface area contributed by atoms with Gasteiger partial charge in [-0.15, -0.1) is 0 Å². The van der Waals surface area contributed by atoms with Crippen molar-refractivity contribution in [2.45, 2.75) is 31.4 Å². The van der Waals surface area contributed by atoms with Crippen LogP contribution in [-0.4, -0.2) is 13.2 Å². The average Bonchev–Trinajstić information content (AvgIpc) is 2.58. The summed E-state index contributed by atoms with van der Waals surface area (Å²) in [6.07, 6.45) is 2.49. The normalized spacial score (nSPS) is 15.2. The lowest BCUT2D eigenvalue weighted by molar-refractivity contribution is 0.106. The number of carbonyl (C=O) groups is 1. The van der Waals surface area contributed by atoms with Crippen LogP contribution in [0.15, 0.2) is 53.0 Å².